The summed E-state index contributed by atoms with van der Waals surface area (Å²) in [7, 11) is 0. The first-order chi connectivity index (χ1) is 19.6. The van der Waals surface area contributed by atoms with E-state index in [0.717, 1.165) is 4.90 Å². The van der Waals surface area contributed by atoms with E-state index in [1.165, 1.54) is 18.2 Å². The maximum atomic E-state index is 13.5. The Balaban J connectivity index is 1.71. The molecule has 0 atom stereocenters. The normalized spacial score (nSPS) is 14.2. The Labute approximate surface area is 251 Å². The van der Waals surface area contributed by atoms with Gasteiger partial charge in [-0.05, 0) is 79.2 Å². The number of carbonyl (C=O) groups is 2. The number of nitrogens with zero attached hydrogens (tertiary/aromatic N) is 2. The van der Waals surface area contributed by atoms with Gasteiger partial charge in [0.2, 0.25) is 0 Å². The second-order valence-electron chi connectivity index (χ2n) is 8.68. The van der Waals surface area contributed by atoms with Crippen molar-refractivity contribution in [2.75, 3.05) is 11.5 Å². The molecule has 12 heteroatoms. The van der Waals surface area contributed by atoms with Gasteiger partial charge in [-0.1, -0.05) is 35.3 Å². The van der Waals surface area contributed by atoms with Crippen LogP contribution in [0.1, 0.15) is 23.6 Å². The fraction of sp³-hybridized carbons (Fsp3) is 0.138. The number of hydrogen-bond donors (Lipinski definition) is 1. The SMILES string of the molecule is C=CCc1cc(/C=C2\C(=O)NC(=S)N(c3cccc(Cl)c3Cl)C2=O)cc(OCC)c1OCc1ccc([N+](=O)[O-])cc1. The number of nitro benzene ring substituents is 1. The first-order valence-corrected chi connectivity index (χ1v) is 13.4. The highest BCUT2D eigenvalue weighted by molar-refractivity contribution is 7.80. The van der Waals surface area contributed by atoms with Crippen molar-refractivity contribution in [2.45, 2.75) is 20.0 Å². The Morgan fingerprint density at radius 3 is 2.51 bits per heavy atom. The van der Waals surface area contributed by atoms with Crippen molar-refractivity contribution in [2.24, 2.45) is 0 Å². The van der Waals surface area contributed by atoms with Crippen molar-refractivity contribution >= 4 is 69.8 Å². The Morgan fingerprint density at radius 1 is 1.12 bits per heavy atom. The number of nitro groups is 1. The summed E-state index contributed by atoms with van der Waals surface area (Å²) in [5.74, 6) is -0.518. The second-order valence-corrected chi connectivity index (χ2v) is 9.85. The first kappa shape index (κ1) is 29.7. The van der Waals surface area contributed by atoms with Gasteiger partial charge in [0.1, 0.15) is 12.2 Å². The van der Waals surface area contributed by atoms with Gasteiger partial charge in [0.05, 0.1) is 27.3 Å². The molecule has 9 nitrogen and oxygen atoms in total. The van der Waals surface area contributed by atoms with Gasteiger partial charge in [0, 0.05) is 17.7 Å². The Kier molecular flexibility index (Phi) is 9.38. The number of hydrogen-bond acceptors (Lipinski definition) is 7. The molecule has 2 amide bonds. The van der Waals surface area contributed by atoms with Crippen LogP contribution in [-0.2, 0) is 22.6 Å². The average molecular weight is 612 g/mol. The molecule has 0 spiro atoms. The molecule has 3 aromatic carbocycles. The van der Waals surface area contributed by atoms with E-state index >= 15 is 0 Å². The lowest BCUT2D eigenvalue weighted by Gasteiger charge is -2.29. The van der Waals surface area contributed by atoms with Crippen molar-refractivity contribution in [3.05, 3.63) is 110 Å². The molecule has 3 aromatic rings. The van der Waals surface area contributed by atoms with Crippen LogP contribution in [0.3, 0.4) is 0 Å². The summed E-state index contributed by atoms with van der Waals surface area (Å²) in [5.41, 5.74) is 1.93. The van der Waals surface area contributed by atoms with Gasteiger partial charge in [-0.15, -0.1) is 6.58 Å². The molecule has 0 aliphatic carbocycles. The predicted molar refractivity (Wildman–Crippen MR) is 162 cm³/mol. The quantitative estimate of drug-likeness (QED) is 0.0701. The van der Waals surface area contributed by atoms with Gasteiger partial charge >= 0.3 is 0 Å². The second kappa shape index (κ2) is 12.9. The molecule has 4 rings (SSSR count). The van der Waals surface area contributed by atoms with Crippen molar-refractivity contribution < 1.29 is 24.0 Å². The lowest BCUT2D eigenvalue weighted by molar-refractivity contribution is -0.384. The topological polar surface area (TPSA) is 111 Å². The summed E-state index contributed by atoms with van der Waals surface area (Å²) in [5, 5.41) is 13.7. The Hall–Kier alpha value is -4.25. The summed E-state index contributed by atoms with van der Waals surface area (Å²) < 4.78 is 12.0. The number of carbonyl (C=O) groups excluding carboxylic acids is 2. The number of thiocarbonyl (C=S) groups is 1. The molecular formula is C29H23Cl2N3O6S. The first-order valence-electron chi connectivity index (χ1n) is 12.3. The molecular weight excluding hydrogens is 589 g/mol. The highest BCUT2D eigenvalue weighted by atomic mass is 35.5. The van der Waals surface area contributed by atoms with E-state index in [4.69, 9.17) is 44.9 Å². The molecule has 1 fully saturated rings. The third-order valence-electron chi connectivity index (χ3n) is 5.93. The molecule has 1 N–H and O–H groups in total. The number of amides is 2. The molecule has 1 saturated heterocycles. The van der Waals surface area contributed by atoms with E-state index in [1.807, 2.05) is 6.92 Å². The van der Waals surface area contributed by atoms with E-state index in [-0.39, 0.29) is 38.7 Å². The molecule has 0 radical (unpaired) electrons. The minimum atomic E-state index is -0.676. The summed E-state index contributed by atoms with van der Waals surface area (Å²) in [6, 6.07) is 14.2. The van der Waals surface area contributed by atoms with Gasteiger partial charge in [-0.2, -0.15) is 0 Å². The van der Waals surface area contributed by atoms with E-state index in [2.05, 4.69) is 11.9 Å². The van der Waals surface area contributed by atoms with Crippen LogP contribution in [0.25, 0.3) is 6.08 Å². The number of anilines is 1. The highest BCUT2D eigenvalue weighted by Gasteiger charge is 2.36. The van der Waals surface area contributed by atoms with E-state index in [1.54, 1.807) is 48.5 Å². The Morgan fingerprint density at radius 2 is 1.85 bits per heavy atom. The van der Waals surface area contributed by atoms with Crippen LogP contribution in [0.2, 0.25) is 10.0 Å². The zero-order chi connectivity index (χ0) is 29.7. The van der Waals surface area contributed by atoms with Crippen LogP contribution in [0, 0.1) is 10.1 Å². The highest BCUT2D eigenvalue weighted by Crippen LogP contribution is 2.37. The number of benzene rings is 3. The number of halogens is 2. The van der Waals surface area contributed by atoms with Gasteiger partial charge in [0.25, 0.3) is 17.5 Å². The summed E-state index contributed by atoms with van der Waals surface area (Å²) >= 11 is 17.7. The number of non-ortho nitro benzene ring substituents is 1. The average Bonchev–Trinajstić information content (AvgIpc) is 2.93. The monoisotopic (exact) mass is 611 g/mol. The fourth-order valence-corrected chi connectivity index (χ4v) is 4.73. The minimum absolute atomic E-state index is 0.0215. The lowest BCUT2D eigenvalue weighted by Crippen LogP contribution is -2.54. The summed E-state index contributed by atoms with van der Waals surface area (Å²) in [6.07, 6.45) is 3.50. The van der Waals surface area contributed by atoms with Crippen LogP contribution in [0.15, 0.2) is 72.8 Å². The van der Waals surface area contributed by atoms with Crippen molar-refractivity contribution in [1.29, 1.82) is 0 Å². The number of ether oxygens (including phenoxy) is 2. The zero-order valence-corrected chi connectivity index (χ0v) is 24.0. The fourth-order valence-electron chi connectivity index (χ4n) is 4.08. The standard InChI is InChI=1S/C29H23Cl2N3O6S/c1-3-6-19-13-18(15-24(39-4-2)26(19)40-16-17-9-11-20(12-10-17)34(37)38)14-21-27(35)32-29(41)33(28(21)36)23-8-5-7-22(30)25(23)31/h3,5,7-15H,1,4,6,16H2,2H3,(H,32,35,41)/b21-14+. The molecule has 210 valence electrons. The van der Waals surface area contributed by atoms with Crippen molar-refractivity contribution in [1.82, 2.24) is 5.32 Å². The third kappa shape index (κ3) is 6.57. The number of rotatable bonds is 10. The lowest BCUT2D eigenvalue weighted by atomic mass is 10.0. The molecule has 1 heterocycles. The maximum absolute atomic E-state index is 13.5. The molecule has 1 aliphatic rings. The van der Waals surface area contributed by atoms with Crippen LogP contribution in [0.4, 0.5) is 11.4 Å². The molecule has 0 aromatic heterocycles. The third-order valence-corrected chi connectivity index (χ3v) is 7.03. The largest absolute Gasteiger partial charge is 0.490 e. The number of allylic oxidation sites excluding steroid dienone is 1. The van der Waals surface area contributed by atoms with Crippen molar-refractivity contribution in [3.63, 3.8) is 0 Å². The smallest absolute Gasteiger partial charge is 0.270 e. The van der Waals surface area contributed by atoms with Gasteiger partial charge < -0.3 is 9.47 Å². The van der Waals surface area contributed by atoms with Crippen LogP contribution < -0.4 is 19.7 Å². The van der Waals surface area contributed by atoms with Crippen LogP contribution in [0.5, 0.6) is 11.5 Å². The predicted octanol–water partition coefficient (Wildman–Crippen LogP) is 6.44. The van der Waals surface area contributed by atoms with E-state index in [0.29, 0.717) is 41.2 Å². The van der Waals surface area contributed by atoms with E-state index < -0.39 is 16.7 Å². The van der Waals surface area contributed by atoms with E-state index in [9.17, 15) is 19.7 Å². The molecule has 41 heavy (non-hydrogen) atoms. The molecule has 0 bridgehead atoms. The molecule has 0 unspecified atom stereocenters. The van der Waals surface area contributed by atoms with Gasteiger partial charge in [0.15, 0.2) is 16.6 Å². The Bertz CT molecular complexity index is 1590. The van der Waals surface area contributed by atoms with Crippen LogP contribution in [-0.4, -0.2) is 28.5 Å². The summed E-state index contributed by atoms with van der Waals surface area (Å²) in [6.45, 7) is 6.06. The minimum Gasteiger partial charge on any atom is -0.490 e. The maximum Gasteiger partial charge on any atom is 0.270 e. The van der Waals surface area contributed by atoms with Gasteiger partial charge in [-0.3, -0.25) is 29.9 Å². The van der Waals surface area contributed by atoms with Crippen LogP contribution >= 0.6 is 35.4 Å². The number of nitrogens with one attached hydrogen (secondary N) is 1. The zero-order valence-electron chi connectivity index (χ0n) is 21.7. The van der Waals surface area contributed by atoms with Gasteiger partial charge in [-0.25, -0.2) is 0 Å². The van der Waals surface area contributed by atoms with Crippen molar-refractivity contribution in [3.8, 4) is 11.5 Å². The molecule has 0 saturated carbocycles. The molecule has 1 aliphatic heterocycles. The summed E-state index contributed by atoms with van der Waals surface area (Å²) in [4.78, 5) is 38.0.